The minimum atomic E-state index is -6.22. The first-order chi connectivity index (χ1) is 47.2. The number of hydrogen-bond donors (Lipinski definition) is 0. The minimum absolute atomic E-state index is 0. The van der Waals surface area contributed by atoms with E-state index in [2.05, 4.69) is 45.3 Å². The molecule has 7 heteroatoms. The zero-order valence-corrected chi connectivity index (χ0v) is 48.0. The van der Waals surface area contributed by atoms with Gasteiger partial charge in [0.25, 0.3) is 6.33 Å². The maximum Gasteiger partial charge on any atom is 0.268 e. The maximum absolute atomic E-state index is 10.2. The standard InChI is InChI=1S/C74H60N4OSi.Pt/c1-73(2,3)55-28-23-27-53(45-55)65-46-54(52-25-11-7-12-26-52)47-70(80(60-31-13-8-14-32-60,61-33-15-9-16-34-61)62-35-17-10-18-36-62)72(65)77-51-76(67-39-21-22-40-68(67)77)57-29-24-30-58(49-57)79-59-41-42-64-63-37-19-20-38-66(63)78(69(64)50-59)71-48-56(43-44-75-71)74(4,5)6;/h7-48H,1-6H3;/q-2;/i7D,8D,9D,10D,11D,12D,13D,14D,15D,16D,17D,18D,25D,26D,31D,32D,33D,34D,35D,36D;. The summed E-state index contributed by atoms with van der Waals surface area (Å²) in [6.45, 7) is 12.3. The van der Waals surface area contributed by atoms with Gasteiger partial charge in [-0.1, -0.05) is 241 Å². The summed E-state index contributed by atoms with van der Waals surface area (Å²) in [4.78, 5) is 4.83. The molecular formula is C74H60N4OPtSi-2. The van der Waals surface area contributed by atoms with Crippen LogP contribution in [0.15, 0.2) is 254 Å². The number of fused-ring (bicyclic) bond motifs is 4. The van der Waals surface area contributed by atoms with Crippen molar-refractivity contribution in [1.82, 2.24) is 14.1 Å². The van der Waals surface area contributed by atoms with Crippen molar-refractivity contribution in [3.05, 3.63) is 284 Å². The van der Waals surface area contributed by atoms with Gasteiger partial charge < -0.3 is 13.9 Å². The van der Waals surface area contributed by atoms with E-state index in [4.69, 9.17) is 17.9 Å². The number of pyridine rings is 1. The van der Waals surface area contributed by atoms with E-state index in [0.717, 1.165) is 27.4 Å². The van der Waals surface area contributed by atoms with Crippen LogP contribution in [0.4, 0.5) is 0 Å². The van der Waals surface area contributed by atoms with Gasteiger partial charge in [0.2, 0.25) is 0 Å². The van der Waals surface area contributed by atoms with Crippen LogP contribution in [0.2, 0.25) is 0 Å². The summed E-state index contributed by atoms with van der Waals surface area (Å²) >= 11 is 0. The van der Waals surface area contributed by atoms with Crippen LogP contribution in [0.1, 0.15) is 80.1 Å². The van der Waals surface area contributed by atoms with Crippen LogP contribution in [-0.2, 0) is 31.9 Å². The van der Waals surface area contributed by atoms with Gasteiger partial charge in [0.1, 0.15) is 5.82 Å². The predicted octanol–water partition coefficient (Wildman–Crippen LogP) is 14.9. The Hall–Kier alpha value is -8.67. The maximum atomic E-state index is 10.2. The zero-order chi connectivity index (χ0) is 72.0. The smallest absolute Gasteiger partial charge is 0.268 e. The first-order valence-corrected chi connectivity index (χ1v) is 27.9. The van der Waals surface area contributed by atoms with Crippen molar-refractivity contribution in [1.29, 1.82) is 0 Å². The molecule has 0 amide bonds. The van der Waals surface area contributed by atoms with Crippen LogP contribution >= 0.6 is 0 Å². The fraction of sp³-hybridized carbons (Fsp3) is 0.108. The quantitative estimate of drug-likeness (QED) is 0.0560. The Balaban J connectivity index is 0.00000965. The molecule has 0 saturated carbocycles. The molecule has 10 aromatic carbocycles. The third-order valence-electron chi connectivity index (χ3n) is 14.4. The molecule has 0 aliphatic heterocycles. The van der Waals surface area contributed by atoms with Crippen molar-refractivity contribution in [2.24, 2.45) is 0 Å². The van der Waals surface area contributed by atoms with E-state index in [-0.39, 0.29) is 54.6 Å². The summed E-state index contributed by atoms with van der Waals surface area (Å²) < 4.78 is 202. The van der Waals surface area contributed by atoms with Crippen LogP contribution in [0.3, 0.4) is 0 Å². The molecule has 0 radical (unpaired) electrons. The van der Waals surface area contributed by atoms with Gasteiger partial charge in [-0.25, -0.2) is 4.98 Å². The van der Waals surface area contributed by atoms with Crippen molar-refractivity contribution in [3.63, 3.8) is 0 Å². The van der Waals surface area contributed by atoms with Crippen LogP contribution in [0.25, 0.3) is 72.3 Å². The SMILES string of the molecule is [2H]c1c([2H])c([2H])c(-c2cc(-c3cccc(C(C)(C)C)c3)c(-[n+]3[c-]n(-c4[c-]c(Oc5[c-]c6c(cc5)c5ccccc5n6-c5cc(C(C)(C)C)ccn5)ccc4)c4ccccc43)c([Si](c3c([2H])c([2H])c([2H])c([2H])c3[2H])(c3c([2H])c([2H])c([2H])c([2H])c3[2H])c3c([2H])c([2H])c([2H])c([2H])c3[2H])c2)c([2H])c1[2H].[Pt]. The second-order valence-electron chi connectivity index (χ2n) is 21.4. The number of rotatable bonds is 11. The summed E-state index contributed by atoms with van der Waals surface area (Å²) in [5.74, 6) is 1.20. The van der Waals surface area contributed by atoms with Gasteiger partial charge in [0.05, 0.1) is 44.1 Å². The number of para-hydroxylation sites is 3. The van der Waals surface area contributed by atoms with E-state index in [9.17, 15) is 19.2 Å². The van der Waals surface area contributed by atoms with Gasteiger partial charge in [-0.15, -0.1) is 29.7 Å². The van der Waals surface area contributed by atoms with Gasteiger partial charge in [-0.3, -0.25) is 4.57 Å². The Morgan fingerprint density at radius 3 is 1.78 bits per heavy atom. The fourth-order valence-electron chi connectivity index (χ4n) is 10.5. The van der Waals surface area contributed by atoms with Gasteiger partial charge in [0.15, 0.2) is 8.07 Å². The molecule has 3 heterocycles. The van der Waals surface area contributed by atoms with E-state index in [1.165, 1.54) is 16.7 Å². The monoisotopic (exact) mass is 1260 g/mol. The van der Waals surface area contributed by atoms with Crippen molar-refractivity contribution in [2.45, 2.75) is 52.4 Å². The van der Waals surface area contributed by atoms with Gasteiger partial charge >= 0.3 is 0 Å². The van der Waals surface area contributed by atoms with Gasteiger partial charge in [-0.05, 0) is 100 Å². The molecule has 13 aromatic rings. The fourth-order valence-corrected chi connectivity index (χ4v) is 14.5. The number of benzene rings is 10. The molecule has 0 unspecified atom stereocenters. The molecule has 3 aromatic heterocycles. The molecule has 0 fully saturated rings. The molecule has 0 aliphatic rings. The molecule has 81 heavy (non-hydrogen) atoms. The van der Waals surface area contributed by atoms with Crippen LogP contribution < -0.4 is 30.1 Å². The van der Waals surface area contributed by atoms with E-state index in [1.807, 2.05) is 73.9 Å². The second kappa shape index (κ2) is 21.4. The average Bonchev–Trinajstić information content (AvgIpc) is 1.20. The molecule has 0 atom stereocenters. The summed E-state index contributed by atoms with van der Waals surface area (Å²) in [7, 11) is -6.22. The number of nitrogens with zero attached hydrogens (tertiary/aromatic N) is 4. The third-order valence-corrected chi connectivity index (χ3v) is 18.6. The summed E-state index contributed by atoms with van der Waals surface area (Å²) in [5.41, 5.74) is 3.09. The topological polar surface area (TPSA) is 35.9 Å². The van der Waals surface area contributed by atoms with E-state index >= 15 is 0 Å². The Morgan fingerprint density at radius 2 is 1.11 bits per heavy atom. The summed E-state index contributed by atoms with van der Waals surface area (Å²) in [5, 5.41) is -1.01. The van der Waals surface area contributed by atoms with Gasteiger partial charge in [0, 0.05) is 44.3 Å². The number of aromatic nitrogens is 4. The first-order valence-electron chi connectivity index (χ1n) is 35.9. The molecule has 0 aliphatic carbocycles. The molecule has 398 valence electrons. The second-order valence-corrected chi connectivity index (χ2v) is 24.9. The summed E-state index contributed by atoms with van der Waals surface area (Å²) in [6.07, 6.45) is 5.29. The largest absolute Gasteiger partial charge is 0.510 e. The molecule has 13 rings (SSSR count). The molecular weight excluding hydrogens is 1180 g/mol. The minimum Gasteiger partial charge on any atom is -0.510 e. The third kappa shape index (κ3) is 9.67. The number of hydrogen-bond acceptors (Lipinski definition) is 2. The molecule has 0 bridgehead atoms. The van der Waals surface area contributed by atoms with E-state index < -0.39 is 161 Å². The Kier molecular flexibility index (Phi) is 9.11. The van der Waals surface area contributed by atoms with E-state index in [1.54, 1.807) is 71.4 Å². The Labute approximate surface area is 518 Å². The molecule has 5 nitrogen and oxygen atoms in total. The molecule has 0 N–H and O–H groups in total. The zero-order valence-electron chi connectivity index (χ0n) is 64.7. The number of imidazole rings is 1. The van der Waals surface area contributed by atoms with Crippen molar-refractivity contribution in [3.8, 4) is 50.9 Å². The number of ether oxygens (including phenoxy) is 1. The van der Waals surface area contributed by atoms with Crippen molar-refractivity contribution < 1.29 is 57.8 Å². The van der Waals surface area contributed by atoms with Crippen LogP contribution in [0.5, 0.6) is 11.5 Å². The molecule has 0 spiro atoms. The molecule has 0 saturated heterocycles. The average molecular weight is 1260 g/mol. The van der Waals surface area contributed by atoms with E-state index in [0.29, 0.717) is 33.9 Å². The first kappa shape index (κ1) is 34.5. The normalized spacial score (nSPS) is 15.4. The van der Waals surface area contributed by atoms with Gasteiger partial charge in [-0.2, -0.15) is 18.2 Å². The van der Waals surface area contributed by atoms with Crippen molar-refractivity contribution in [2.75, 3.05) is 0 Å². The van der Waals surface area contributed by atoms with Crippen LogP contribution in [0, 0.1) is 18.5 Å². The summed E-state index contributed by atoms with van der Waals surface area (Å²) in [6, 6.07) is 25.7. The van der Waals surface area contributed by atoms with Crippen molar-refractivity contribution >= 4 is 61.7 Å². The predicted molar refractivity (Wildman–Crippen MR) is 332 cm³/mol. The van der Waals surface area contributed by atoms with Crippen LogP contribution in [-0.4, -0.2) is 22.2 Å². The Bertz CT molecular complexity index is 5380. The Morgan fingerprint density at radius 1 is 0.519 bits per heavy atom.